The van der Waals surface area contributed by atoms with Crippen molar-refractivity contribution in [2.75, 3.05) is 13.1 Å². The van der Waals surface area contributed by atoms with E-state index in [2.05, 4.69) is 10.4 Å². The van der Waals surface area contributed by atoms with Gasteiger partial charge in [-0.25, -0.2) is 4.79 Å². The first-order valence-electron chi connectivity index (χ1n) is 8.17. The third-order valence-electron chi connectivity index (χ3n) is 4.37. The number of rotatable bonds is 3. The minimum Gasteiger partial charge on any atom is -0.336 e. The third kappa shape index (κ3) is 3.00. The number of carbonyl (C=O) groups excluding carboxylic acids is 1. The molecule has 1 saturated heterocycles. The average Bonchev–Trinajstić information content (AvgIpc) is 3.32. The zero-order valence-corrected chi connectivity index (χ0v) is 14.3. The lowest BCUT2D eigenvalue weighted by Crippen LogP contribution is -2.43. The molecule has 1 atom stereocenters. The van der Waals surface area contributed by atoms with Gasteiger partial charge in [-0.1, -0.05) is 24.3 Å². The summed E-state index contributed by atoms with van der Waals surface area (Å²) in [5.74, 6) is 0.0169. The van der Waals surface area contributed by atoms with Crippen LogP contribution in [0, 0.1) is 0 Å². The number of likely N-dealkylation sites (tertiary alicyclic amines) is 1. The predicted octanol–water partition coefficient (Wildman–Crippen LogP) is 1.97. The van der Waals surface area contributed by atoms with E-state index in [1.165, 1.54) is 20.7 Å². The van der Waals surface area contributed by atoms with Gasteiger partial charge in [-0.2, -0.15) is 9.36 Å². The Hall–Kier alpha value is -2.74. The van der Waals surface area contributed by atoms with Crippen LogP contribution in [0.3, 0.4) is 0 Å². The molecule has 0 N–H and O–H groups in total. The maximum absolute atomic E-state index is 12.7. The Bertz CT molecular complexity index is 916. The summed E-state index contributed by atoms with van der Waals surface area (Å²) in [4.78, 5) is 27.8. The molecular weight excluding hydrogens is 338 g/mol. The number of hydrogen-bond acceptors (Lipinski definition) is 5. The normalized spacial score (nSPS) is 17.6. The Morgan fingerprint density at radius 1 is 1.12 bits per heavy atom. The average molecular weight is 355 g/mol. The molecule has 1 unspecified atom stereocenters. The minimum atomic E-state index is -0.276. The van der Waals surface area contributed by atoms with Gasteiger partial charge in [0.15, 0.2) is 0 Å². The van der Waals surface area contributed by atoms with Gasteiger partial charge >= 0.3 is 5.69 Å². The van der Waals surface area contributed by atoms with E-state index in [0.717, 1.165) is 17.7 Å². The molecular formula is C17H17N5O2S. The summed E-state index contributed by atoms with van der Waals surface area (Å²) in [7, 11) is 0. The van der Waals surface area contributed by atoms with E-state index in [4.69, 9.17) is 0 Å². The fourth-order valence-corrected chi connectivity index (χ4v) is 3.80. The lowest BCUT2D eigenvalue weighted by Gasteiger charge is -2.31. The highest BCUT2D eigenvalue weighted by Crippen LogP contribution is 2.22. The number of tetrazole rings is 1. The fraction of sp³-hybridized carbons (Fsp3) is 0.294. The van der Waals surface area contributed by atoms with Crippen LogP contribution in [0.4, 0.5) is 0 Å². The van der Waals surface area contributed by atoms with E-state index >= 15 is 0 Å². The number of para-hydroxylation sites is 1. The van der Waals surface area contributed by atoms with Crippen LogP contribution >= 0.6 is 11.3 Å². The minimum absolute atomic E-state index is 0.0169. The highest BCUT2D eigenvalue weighted by Gasteiger charge is 2.28. The van der Waals surface area contributed by atoms with Gasteiger partial charge in [-0.05, 0) is 46.8 Å². The SMILES string of the molecule is O=C(c1cccs1)N1CCCC(n2nnn(-c3ccccc3)c2=O)C1. The van der Waals surface area contributed by atoms with Gasteiger partial charge in [0.05, 0.1) is 16.6 Å². The van der Waals surface area contributed by atoms with Gasteiger partial charge in [0, 0.05) is 13.1 Å². The van der Waals surface area contributed by atoms with Crippen LogP contribution in [0.2, 0.25) is 0 Å². The molecule has 2 aromatic heterocycles. The number of aromatic nitrogens is 4. The zero-order valence-electron chi connectivity index (χ0n) is 13.5. The summed E-state index contributed by atoms with van der Waals surface area (Å²) in [6, 6.07) is 12.8. The van der Waals surface area contributed by atoms with Gasteiger partial charge in [-0.15, -0.1) is 11.3 Å². The van der Waals surface area contributed by atoms with Crippen molar-refractivity contribution in [2.24, 2.45) is 0 Å². The van der Waals surface area contributed by atoms with Crippen LogP contribution in [0.5, 0.6) is 0 Å². The molecule has 1 aliphatic heterocycles. The van der Waals surface area contributed by atoms with Crippen molar-refractivity contribution in [3.63, 3.8) is 0 Å². The summed E-state index contributed by atoms with van der Waals surface area (Å²) in [6.07, 6.45) is 1.65. The van der Waals surface area contributed by atoms with Crippen LogP contribution < -0.4 is 5.69 Å². The van der Waals surface area contributed by atoms with Crippen molar-refractivity contribution in [3.05, 3.63) is 63.2 Å². The molecule has 3 heterocycles. The van der Waals surface area contributed by atoms with Crippen LogP contribution in [0.15, 0.2) is 52.6 Å². The van der Waals surface area contributed by atoms with Crippen molar-refractivity contribution in [1.82, 2.24) is 24.7 Å². The third-order valence-corrected chi connectivity index (χ3v) is 5.22. The van der Waals surface area contributed by atoms with Crippen LogP contribution in [-0.2, 0) is 0 Å². The second-order valence-electron chi connectivity index (χ2n) is 5.98. The molecule has 4 rings (SSSR count). The van der Waals surface area contributed by atoms with Gasteiger partial charge < -0.3 is 4.90 Å². The number of piperidine rings is 1. The zero-order chi connectivity index (χ0) is 17.2. The summed E-state index contributed by atoms with van der Waals surface area (Å²) >= 11 is 1.43. The first kappa shape index (κ1) is 15.8. The standard InChI is InChI=1S/C17H17N5O2S/c23-16(15-9-5-11-25-15)20-10-4-8-14(12-20)22-17(24)21(18-19-22)13-6-2-1-3-7-13/h1-3,5-7,9,11,14H,4,8,10,12H2. The number of thiophene rings is 1. The lowest BCUT2D eigenvalue weighted by molar-refractivity contribution is 0.0674. The smallest absolute Gasteiger partial charge is 0.336 e. The van der Waals surface area contributed by atoms with Gasteiger partial charge in [0.2, 0.25) is 0 Å². The molecule has 1 aromatic carbocycles. The van der Waals surface area contributed by atoms with E-state index in [-0.39, 0.29) is 17.6 Å². The van der Waals surface area contributed by atoms with Crippen LogP contribution in [0.1, 0.15) is 28.6 Å². The topological polar surface area (TPSA) is 73.0 Å². The van der Waals surface area contributed by atoms with Gasteiger partial charge in [0.25, 0.3) is 5.91 Å². The van der Waals surface area contributed by atoms with E-state index in [1.54, 1.807) is 4.90 Å². The lowest BCUT2D eigenvalue weighted by atomic mass is 10.1. The Morgan fingerprint density at radius 2 is 1.96 bits per heavy atom. The molecule has 1 fully saturated rings. The molecule has 0 spiro atoms. The molecule has 0 saturated carbocycles. The van der Waals surface area contributed by atoms with E-state index in [0.29, 0.717) is 18.8 Å². The van der Waals surface area contributed by atoms with Crippen molar-refractivity contribution >= 4 is 17.2 Å². The molecule has 7 nitrogen and oxygen atoms in total. The number of carbonyl (C=O) groups is 1. The Labute approximate surface area is 148 Å². The summed E-state index contributed by atoms with van der Waals surface area (Å²) in [6.45, 7) is 1.18. The molecule has 1 aliphatic rings. The maximum atomic E-state index is 12.7. The Balaban J connectivity index is 1.57. The summed E-state index contributed by atoms with van der Waals surface area (Å²) < 4.78 is 2.70. The van der Waals surface area contributed by atoms with Crippen LogP contribution in [-0.4, -0.2) is 43.7 Å². The molecule has 8 heteroatoms. The monoisotopic (exact) mass is 355 g/mol. The highest BCUT2D eigenvalue weighted by atomic mass is 32.1. The molecule has 1 amide bonds. The van der Waals surface area contributed by atoms with Gasteiger partial charge in [-0.3, -0.25) is 4.79 Å². The molecule has 0 aliphatic carbocycles. The van der Waals surface area contributed by atoms with Gasteiger partial charge in [0.1, 0.15) is 0 Å². The van der Waals surface area contributed by atoms with Crippen molar-refractivity contribution in [1.29, 1.82) is 0 Å². The molecule has 25 heavy (non-hydrogen) atoms. The largest absolute Gasteiger partial charge is 0.368 e. The molecule has 0 radical (unpaired) electrons. The van der Waals surface area contributed by atoms with Crippen LogP contribution in [0.25, 0.3) is 5.69 Å². The van der Waals surface area contributed by atoms with E-state index in [1.807, 2.05) is 47.8 Å². The highest BCUT2D eigenvalue weighted by molar-refractivity contribution is 7.12. The number of amides is 1. The molecule has 128 valence electrons. The number of benzene rings is 1. The van der Waals surface area contributed by atoms with Crippen molar-refractivity contribution in [2.45, 2.75) is 18.9 Å². The second-order valence-corrected chi connectivity index (χ2v) is 6.93. The summed E-state index contributed by atoms with van der Waals surface area (Å²) in [5, 5.41) is 9.94. The fourth-order valence-electron chi connectivity index (χ4n) is 3.11. The first-order chi connectivity index (χ1) is 12.2. The molecule has 3 aromatic rings. The Morgan fingerprint density at radius 3 is 2.72 bits per heavy atom. The number of nitrogens with zero attached hydrogens (tertiary/aromatic N) is 5. The molecule has 0 bridgehead atoms. The predicted molar refractivity (Wildman–Crippen MR) is 94.1 cm³/mol. The number of hydrogen-bond donors (Lipinski definition) is 0. The van der Waals surface area contributed by atoms with Crippen molar-refractivity contribution < 1.29 is 4.79 Å². The first-order valence-corrected chi connectivity index (χ1v) is 9.05. The van der Waals surface area contributed by atoms with E-state index in [9.17, 15) is 9.59 Å². The van der Waals surface area contributed by atoms with E-state index < -0.39 is 0 Å². The summed E-state index contributed by atoms with van der Waals surface area (Å²) in [5.41, 5.74) is 0.405. The van der Waals surface area contributed by atoms with Crippen molar-refractivity contribution in [3.8, 4) is 5.69 Å². The quantitative estimate of drug-likeness (QED) is 0.720. The maximum Gasteiger partial charge on any atom is 0.368 e. The second kappa shape index (κ2) is 6.64. The Kier molecular flexibility index (Phi) is 4.19.